The number of thioether (sulfide) groups is 1. The average Bonchev–Trinajstić information content (AvgIpc) is 3.29. The largest absolute Gasteiger partial charge is 0.467 e. The number of nitrogens with zero attached hydrogens (tertiary/aromatic N) is 2. The second-order valence-corrected chi connectivity index (χ2v) is 7.92. The quantitative estimate of drug-likeness (QED) is 0.774. The first-order valence-corrected chi connectivity index (χ1v) is 9.67. The molecule has 1 N–H and O–H groups in total. The first-order chi connectivity index (χ1) is 12.5. The lowest BCUT2D eigenvalue weighted by atomic mass is 10.1. The summed E-state index contributed by atoms with van der Waals surface area (Å²) in [6, 6.07) is 10.8. The van der Waals surface area contributed by atoms with E-state index in [9.17, 15) is 4.79 Å². The van der Waals surface area contributed by atoms with E-state index in [-0.39, 0.29) is 17.7 Å². The summed E-state index contributed by atoms with van der Waals surface area (Å²) in [7, 11) is 3.72. The zero-order valence-electron chi connectivity index (χ0n) is 14.3. The fraction of sp³-hybridized carbons (Fsp3) is 0.222. The smallest absolute Gasteiger partial charge is 0.252 e. The number of benzene rings is 1. The molecule has 5 nitrogen and oxygen atoms in total. The summed E-state index contributed by atoms with van der Waals surface area (Å²) in [5.41, 5.74) is 4.96. The van der Waals surface area contributed by atoms with Crippen LogP contribution in [0, 0.1) is 0 Å². The topological polar surface area (TPSA) is 48.7 Å². The number of hydrogen-bond acceptors (Lipinski definition) is 5. The van der Waals surface area contributed by atoms with Crippen LogP contribution in [0.5, 0.6) is 0 Å². The van der Waals surface area contributed by atoms with Crippen molar-refractivity contribution in [3.05, 3.63) is 65.1 Å². The number of hydrazine groups is 1. The number of rotatable bonds is 4. The molecule has 0 fully saturated rings. The lowest BCUT2D eigenvalue weighted by Crippen LogP contribution is -2.41. The molecular formula is C18H18ClN3O2S2. The second kappa shape index (κ2) is 8.16. The molecule has 8 heteroatoms. The highest BCUT2D eigenvalue weighted by molar-refractivity contribution is 8.23. The van der Waals surface area contributed by atoms with Gasteiger partial charge in [0.1, 0.15) is 16.1 Å². The maximum absolute atomic E-state index is 12.8. The summed E-state index contributed by atoms with van der Waals surface area (Å²) < 4.78 is 6.19. The standard InChI is InChI=1S/C18H18ClN3O2S2/c1-21(2)18(25)26-11-17(23)22-15(16-4-3-9-24-16)10-14(20-22)12-5-7-13(19)8-6-12/h3-10,15,20H,11H2,1-2H3/t15-/m0/s1. The van der Waals surface area contributed by atoms with Crippen LogP contribution in [0.15, 0.2) is 53.2 Å². The number of thiocarbonyl (C=S) groups is 1. The Balaban J connectivity index is 1.79. The lowest BCUT2D eigenvalue weighted by molar-refractivity contribution is -0.131. The number of furan rings is 1. The van der Waals surface area contributed by atoms with Gasteiger partial charge in [-0.15, -0.1) is 0 Å². The van der Waals surface area contributed by atoms with Gasteiger partial charge in [-0.2, -0.15) is 0 Å². The molecule has 0 aliphatic carbocycles. The Bertz CT molecular complexity index is 819. The number of hydrogen-bond donors (Lipinski definition) is 1. The van der Waals surface area contributed by atoms with Crippen molar-refractivity contribution < 1.29 is 9.21 Å². The van der Waals surface area contributed by atoms with Crippen molar-refractivity contribution in [1.29, 1.82) is 0 Å². The SMILES string of the molecule is CN(C)C(=S)SCC(=O)N1NC(c2ccc(Cl)cc2)=C[C@H]1c1ccco1. The minimum atomic E-state index is -0.322. The first-order valence-electron chi connectivity index (χ1n) is 7.89. The fourth-order valence-electron chi connectivity index (χ4n) is 2.47. The normalized spacial score (nSPS) is 16.2. The minimum Gasteiger partial charge on any atom is -0.467 e. The molecular weight excluding hydrogens is 390 g/mol. The van der Waals surface area contributed by atoms with Crippen LogP contribution in [0.25, 0.3) is 5.70 Å². The van der Waals surface area contributed by atoms with Crippen LogP contribution >= 0.6 is 35.6 Å². The summed E-state index contributed by atoms with van der Waals surface area (Å²) >= 11 is 12.5. The molecule has 3 rings (SSSR count). The van der Waals surface area contributed by atoms with Crippen molar-refractivity contribution in [1.82, 2.24) is 15.3 Å². The molecule has 136 valence electrons. The van der Waals surface area contributed by atoms with Crippen LogP contribution in [0.3, 0.4) is 0 Å². The van der Waals surface area contributed by atoms with E-state index in [1.165, 1.54) is 11.8 Å². The van der Waals surface area contributed by atoms with Crippen molar-refractivity contribution in [3.8, 4) is 0 Å². The minimum absolute atomic E-state index is 0.0826. The molecule has 26 heavy (non-hydrogen) atoms. The van der Waals surface area contributed by atoms with Crippen molar-refractivity contribution in [2.24, 2.45) is 0 Å². The Hall–Kier alpha value is -1.96. The molecule has 1 aliphatic rings. The summed E-state index contributed by atoms with van der Waals surface area (Å²) in [6.45, 7) is 0. The van der Waals surface area contributed by atoms with E-state index in [4.69, 9.17) is 28.2 Å². The third-order valence-corrected chi connectivity index (χ3v) is 5.76. The van der Waals surface area contributed by atoms with Gasteiger partial charge in [-0.25, -0.2) is 5.01 Å². The van der Waals surface area contributed by atoms with E-state index in [2.05, 4.69) is 5.43 Å². The van der Waals surface area contributed by atoms with Gasteiger partial charge >= 0.3 is 0 Å². The van der Waals surface area contributed by atoms with Crippen LogP contribution in [0.1, 0.15) is 17.4 Å². The zero-order valence-corrected chi connectivity index (χ0v) is 16.7. The van der Waals surface area contributed by atoms with Crippen molar-refractivity contribution in [3.63, 3.8) is 0 Å². The Morgan fingerprint density at radius 2 is 2.08 bits per heavy atom. The van der Waals surface area contributed by atoms with Gasteiger partial charge in [0.05, 0.1) is 17.7 Å². The van der Waals surface area contributed by atoms with Gasteiger partial charge in [-0.05, 0) is 35.9 Å². The highest BCUT2D eigenvalue weighted by Gasteiger charge is 2.32. The molecule has 2 aromatic rings. The van der Waals surface area contributed by atoms with E-state index < -0.39 is 0 Å². The Kier molecular flexibility index (Phi) is 5.90. The number of nitrogens with one attached hydrogen (secondary N) is 1. The van der Waals surface area contributed by atoms with Crippen LogP contribution in [-0.2, 0) is 4.79 Å². The number of halogens is 1. The number of carbonyl (C=O) groups is 1. The molecule has 1 atom stereocenters. The highest BCUT2D eigenvalue weighted by Crippen LogP contribution is 2.32. The predicted molar refractivity (Wildman–Crippen MR) is 110 cm³/mol. The molecule has 0 saturated carbocycles. The molecule has 0 bridgehead atoms. The summed E-state index contributed by atoms with van der Waals surface area (Å²) in [4.78, 5) is 14.6. The molecule has 1 aromatic heterocycles. The molecule has 0 saturated heterocycles. The van der Waals surface area contributed by atoms with Crippen LogP contribution in [0.4, 0.5) is 0 Å². The molecule has 1 amide bonds. The second-order valence-electron chi connectivity index (χ2n) is 5.87. The maximum atomic E-state index is 12.8. The Morgan fingerprint density at radius 3 is 2.69 bits per heavy atom. The van der Waals surface area contributed by atoms with E-state index in [1.807, 2.05) is 61.5 Å². The van der Waals surface area contributed by atoms with Gasteiger partial charge in [0.15, 0.2) is 0 Å². The zero-order chi connectivity index (χ0) is 18.7. The van der Waals surface area contributed by atoms with Crippen LogP contribution in [-0.4, -0.2) is 40.0 Å². The maximum Gasteiger partial charge on any atom is 0.252 e. The van der Waals surface area contributed by atoms with Crippen molar-refractivity contribution >= 4 is 51.5 Å². The van der Waals surface area contributed by atoms with Gasteiger partial charge < -0.3 is 9.32 Å². The molecule has 1 aliphatic heterocycles. The van der Waals surface area contributed by atoms with Gasteiger partial charge in [0, 0.05) is 19.1 Å². The molecule has 1 aromatic carbocycles. The average molecular weight is 408 g/mol. The summed E-state index contributed by atoms with van der Waals surface area (Å²) in [6.07, 6.45) is 3.57. The monoisotopic (exact) mass is 407 g/mol. The molecule has 0 radical (unpaired) electrons. The van der Waals surface area contributed by atoms with E-state index in [1.54, 1.807) is 11.3 Å². The third kappa shape index (κ3) is 4.23. The van der Waals surface area contributed by atoms with E-state index in [0.717, 1.165) is 11.3 Å². The van der Waals surface area contributed by atoms with Crippen LogP contribution in [0.2, 0.25) is 5.02 Å². The number of carbonyl (C=O) groups excluding carboxylic acids is 1. The first kappa shape index (κ1) is 18.8. The molecule has 0 unspecified atom stereocenters. The van der Waals surface area contributed by atoms with Crippen LogP contribution < -0.4 is 5.43 Å². The van der Waals surface area contributed by atoms with E-state index in [0.29, 0.717) is 15.1 Å². The van der Waals surface area contributed by atoms with E-state index >= 15 is 0 Å². The Labute approximate surface area is 166 Å². The lowest BCUT2D eigenvalue weighted by Gasteiger charge is -2.24. The van der Waals surface area contributed by atoms with Crippen molar-refractivity contribution in [2.45, 2.75) is 6.04 Å². The van der Waals surface area contributed by atoms with Gasteiger partial charge in [0.25, 0.3) is 5.91 Å². The predicted octanol–water partition coefficient (Wildman–Crippen LogP) is 3.94. The third-order valence-electron chi connectivity index (χ3n) is 3.79. The molecule has 2 heterocycles. The Morgan fingerprint density at radius 1 is 1.35 bits per heavy atom. The summed E-state index contributed by atoms with van der Waals surface area (Å²) in [5, 5.41) is 2.24. The summed E-state index contributed by atoms with van der Waals surface area (Å²) in [5.74, 6) is 0.846. The number of amides is 1. The van der Waals surface area contributed by atoms with Gasteiger partial charge in [-0.3, -0.25) is 10.2 Å². The van der Waals surface area contributed by atoms with Crippen molar-refractivity contribution in [2.75, 3.05) is 19.8 Å². The van der Waals surface area contributed by atoms with Gasteiger partial charge in [0.2, 0.25) is 0 Å². The van der Waals surface area contributed by atoms with Gasteiger partial charge in [-0.1, -0.05) is 47.7 Å². The molecule has 0 spiro atoms. The highest BCUT2D eigenvalue weighted by atomic mass is 35.5. The fourth-order valence-corrected chi connectivity index (χ4v) is 3.41.